The van der Waals surface area contributed by atoms with Crippen LogP contribution in [0.3, 0.4) is 0 Å². The fraction of sp³-hybridized carbons (Fsp3) is 0.333. The van der Waals surface area contributed by atoms with E-state index in [4.69, 9.17) is 26.7 Å². The van der Waals surface area contributed by atoms with Crippen molar-refractivity contribution in [1.82, 2.24) is 0 Å². The van der Waals surface area contributed by atoms with Gasteiger partial charge in [0.15, 0.2) is 17.5 Å². The van der Waals surface area contributed by atoms with Gasteiger partial charge >= 0.3 is 0 Å². The van der Waals surface area contributed by atoms with Crippen LogP contribution >= 0.6 is 12.4 Å². The van der Waals surface area contributed by atoms with Crippen LogP contribution in [0.15, 0.2) is 28.2 Å². The van der Waals surface area contributed by atoms with E-state index in [9.17, 15) is 0 Å². The Labute approximate surface area is 123 Å². The van der Waals surface area contributed by atoms with E-state index in [1.807, 2.05) is 18.2 Å². The first kappa shape index (κ1) is 15.9. The van der Waals surface area contributed by atoms with Gasteiger partial charge in [0.05, 0.1) is 0 Å². The zero-order chi connectivity index (χ0) is 13.7. The SMILES string of the molecule is Cl.NC(N)=NC(N)=NCCc1ccc2c(c1)OCCO2. The lowest BCUT2D eigenvalue weighted by Crippen LogP contribution is -2.26. The van der Waals surface area contributed by atoms with Crippen LogP contribution in [0.1, 0.15) is 5.56 Å². The lowest BCUT2D eigenvalue weighted by atomic mass is 10.1. The minimum absolute atomic E-state index is 0. The minimum Gasteiger partial charge on any atom is -0.486 e. The highest BCUT2D eigenvalue weighted by Gasteiger charge is 2.11. The predicted octanol–water partition coefficient (Wildman–Crippen LogP) is 0.0102. The normalized spacial score (nSPS) is 13.3. The number of ether oxygens (including phenoxy) is 2. The summed E-state index contributed by atoms with van der Waals surface area (Å²) < 4.78 is 11.0. The molecule has 110 valence electrons. The number of fused-ring (bicyclic) bond motifs is 1. The van der Waals surface area contributed by atoms with Gasteiger partial charge in [0.1, 0.15) is 13.2 Å². The average Bonchev–Trinajstić information content (AvgIpc) is 2.37. The van der Waals surface area contributed by atoms with Crippen LogP contribution in [-0.2, 0) is 6.42 Å². The number of hydrogen-bond donors (Lipinski definition) is 3. The monoisotopic (exact) mass is 299 g/mol. The Morgan fingerprint density at radius 1 is 1.10 bits per heavy atom. The summed E-state index contributed by atoms with van der Waals surface area (Å²) in [5.41, 5.74) is 17.0. The fourth-order valence-electron chi connectivity index (χ4n) is 1.71. The molecule has 0 bridgehead atoms. The third-order valence-corrected chi connectivity index (χ3v) is 2.52. The van der Waals surface area contributed by atoms with Crippen molar-refractivity contribution in [2.75, 3.05) is 19.8 Å². The first-order chi connectivity index (χ1) is 9.15. The van der Waals surface area contributed by atoms with Gasteiger partial charge < -0.3 is 26.7 Å². The number of guanidine groups is 2. The highest BCUT2D eigenvalue weighted by molar-refractivity contribution is 5.92. The second kappa shape index (κ2) is 7.44. The summed E-state index contributed by atoms with van der Waals surface area (Å²) in [6.45, 7) is 1.67. The molecule has 20 heavy (non-hydrogen) atoms. The third kappa shape index (κ3) is 4.51. The van der Waals surface area contributed by atoms with Gasteiger partial charge in [-0.25, -0.2) is 0 Å². The fourth-order valence-corrected chi connectivity index (χ4v) is 1.71. The summed E-state index contributed by atoms with van der Waals surface area (Å²) in [7, 11) is 0. The Balaban J connectivity index is 0.00000200. The molecular weight excluding hydrogens is 282 g/mol. The van der Waals surface area contributed by atoms with Crippen LogP contribution in [0.2, 0.25) is 0 Å². The van der Waals surface area contributed by atoms with E-state index < -0.39 is 0 Å². The van der Waals surface area contributed by atoms with Crippen molar-refractivity contribution in [1.29, 1.82) is 0 Å². The van der Waals surface area contributed by atoms with E-state index >= 15 is 0 Å². The maximum Gasteiger partial charge on any atom is 0.218 e. The summed E-state index contributed by atoms with van der Waals surface area (Å²) in [5.74, 6) is 1.53. The second-order valence-electron chi connectivity index (χ2n) is 4.00. The molecule has 1 aromatic carbocycles. The third-order valence-electron chi connectivity index (χ3n) is 2.52. The lowest BCUT2D eigenvalue weighted by molar-refractivity contribution is 0.171. The molecule has 0 saturated heterocycles. The Morgan fingerprint density at radius 2 is 1.80 bits per heavy atom. The van der Waals surface area contributed by atoms with E-state index in [1.54, 1.807) is 0 Å². The molecule has 1 aliphatic heterocycles. The van der Waals surface area contributed by atoms with E-state index in [2.05, 4.69) is 9.98 Å². The molecule has 6 N–H and O–H groups in total. The molecule has 0 unspecified atom stereocenters. The predicted molar refractivity (Wildman–Crippen MR) is 80.7 cm³/mol. The number of nitrogens with zero attached hydrogens (tertiary/aromatic N) is 2. The van der Waals surface area contributed by atoms with Crippen LogP contribution < -0.4 is 26.7 Å². The summed E-state index contributed by atoms with van der Waals surface area (Å²) in [4.78, 5) is 7.68. The van der Waals surface area contributed by atoms with Gasteiger partial charge in [-0.2, -0.15) is 4.99 Å². The van der Waals surface area contributed by atoms with Crippen LogP contribution in [-0.4, -0.2) is 31.7 Å². The molecular formula is C12H18ClN5O2. The van der Waals surface area contributed by atoms with Gasteiger partial charge in [-0.3, -0.25) is 4.99 Å². The van der Waals surface area contributed by atoms with Gasteiger partial charge in [0, 0.05) is 6.54 Å². The number of hydrogen-bond acceptors (Lipinski definition) is 3. The minimum atomic E-state index is -0.0967. The van der Waals surface area contributed by atoms with Crippen molar-refractivity contribution in [2.24, 2.45) is 27.2 Å². The number of nitrogens with two attached hydrogens (primary N) is 3. The largest absolute Gasteiger partial charge is 0.486 e. The molecule has 1 heterocycles. The Hall–Kier alpha value is -2.15. The van der Waals surface area contributed by atoms with Crippen LogP contribution in [0.4, 0.5) is 0 Å². The zero-order valence-electron chi connectivity index (χ0n) is 10.9. The highest BCUT2D eigenvalue weighted by Crippen LogP contribution is 2.30. The standard InChI is InChI=1S/C12H17N5O2.ClH/c13-11(14)17-12(15)16-4-3-8-1-2-9-10(7-8)19-6-5-18-9;/h1-2,7H,3-6H2,(H6,13,14,15,16,17);1H. The molecule has 0 aliphatic carbocycles. The molecule has 8 heteroatoms. The number of aliphatic imine (C=N–C) groups is 2. The number of rotatable bonds is 3. The van der Waals surface area contributed by atoms with Crippen molar-refractivity contribution >= 4 is 24.3 Å². The van der Waals surface area contributed by atoms with Crippen LogP contribution in [0, 0.1) is 0 Å². The van der Waals surface area contributed by atoms with Crippen LogP contribution in [0.5, 0.6) is 11.5 Å². The summed E-state index contributed by atoms with van der Waals surface area (Å²) in [6, 6.07) is 5.81. The van der Waals surface area contributed by atoms with Crippen molar-refractivity contribution in [3.63, 3.8) is 0 Å². The first-order valence-corrected chi connectivity index (χ1v) is 5.93. The van der Waals surface area contributed by atoms with Crippen molar-refractivity contribution in [3.8, 4) is 11.5 Å². The maximum absolute atomic E-state index is 5.51. The summed E-state index contributed by atoms with van der Waals surface area (Å²) in [5, 5.41) is 0. The molecule has 0 aromatic heterocycles. The smallest absolute Gasteiger partial charge is 0.218 e. The van der Waals surface area contributed by atoms with Crippen molar-refractivity contribution < 1.29 is 9.47 Å². The van der Waals surface area contributed by atoms with Gasteiger partial charge in [-0.15, -0.1) is 12.4 Å². The molecule has 0 atom stereocenters. The number of halogens is 1. The highest BCUT2D eigenvalue weighted by atomic mass is 35.5. The molecule has 0 radical (unpaired) electrons. The lowest BCUT2D eigenvalue weighted by Gasteiger charge is -2.18. The van der Waals surface area contributed by atoms with Crippen molar-refractivity contribution in [2.45, 2.75) is 6.42 Å². The van der Waals surface area contributed by atoms with Gasteiger partial charge in [0.2, 0.25) is 5.96 Å². The molecule has 7 nitrogen and oxygen atoms in total. The summed E-state index contributed by atoms with van der Waals surface area (Å²) in [6.07, 6.45) is 0.720. The Morgan fingerprint density at radius 3 is 2.50 bits per heavy atom. The van der Waals surface area contributed by atoms with Crippen molar-refractivity contribution in [3.05, 3.63) is 23.8 Å². The molecule has 0 amide bonds. The zero-order valence-corrected chi connectivity index (χ0v) is 11.7. The Bertz CT molecular complexity index is 515. The molecule has 0 saturated carbocycles. The Kier molecular flexibility index (Phi) is 5.92. The van der Waals surface area contributed by atoms with E-state index in [0.29, 0.717) is 19.8 Å². The molecule has 2 rings (SSSR count). The van der Waals surface area contributed by atoms with Gasteiger partial charge in [-0.1, -0.05) is 6.07 Å². The quantitative estimate of drug-likeness (QED) is 0.536. The maximum atomic E-state index is 5.51. The van der Waals surface area contributed by atoms with Gasteiger partial charge in [-0.05, 0) is 24.1 Å². The van der Waals surface area contributed by atoms with Crippen LogP contribution in [0.25, 0.3) is 0 Å². The average molecular weight is 300 g/mol. The van der Waals surface area contributed by atoms with E-state index in [1.165, 1.54) is 0 Å². The second-order valence-corrected chi connectivity index (χ2v) is 4.00. The molecule has 0 spiro atoms. The topological polar surface area (TPSA) is 121 Å². The van der Waals surface area contributed by atoms with E-state index in [0.717, 1.165) is 23.5 Å². The first-order valence-electron chi connectivity index (χ1n) is 5.93. The molecule has 0 fully saturated rings. The molecule has 1 aromatic rings. The van der Waals surface area contributed by atoms with E-state index in [-0.39, 0.29) is 24.3 Å². The van der Waals surface area contributed by atoms with Gasteiger partial charge in [0.25, 0.3) is 0 Å². The molecule has 1 aliphatic rings. The number of benzene rings is 1. The summed E-state index contributed by atoms with van der Waals surface area (Å²) >= 11 is 0.